The lowest BCUT2D eigenvalue weighted by molar-refractivity contribution is -0.145. The van der Waals surface area contributed by atoms with Crippen molar-refractivity contribution in [3.05, 3.63) is 34.9 Å². The molecule has 0 atom stereocenters. The van der Waals surface area contributed by atoms with Crippen molar-refractivity contribution in [3.8, 4) is 0 Å². The molecule has 0 aromatic heterocycles. The minimum atomic E-state index is -0.545. The lowest BCUT2D eigenvalue weighted by Crippen LogP contribution is -2.33. The van der Waals surface area contributed by atoms with Gasteiger partial charge in [-0.05, 0) is 44.0 Å². The topological polar surface area (TPSA) is 47.6 Å². The number of aryl methyl sites for hydroxylation is 2. The molecule has 0 saturated carbocycles. The van der Waals surface area contributed by atoms with Crippen LogP contribution in [0.15, 0.2) is 18.2 Å². The van der Waals surface area contributed by atoms with Gasteiger partial charge < -0.3 is 14.8 Å². The first-order valence-electron chi connectivity index (χ1n) is 6.63. The van der Waals surface area contributed by atoms with Crippen LogP contribution in [0.2, 0.25) is 0 Å². The Kier molecular flexibility index (Phi) is 4.22. The van der Waals surface area contributed by atoms with E-state index in [9.17, 15) is 4.79 Å². The molecule has 1 aliphatic heterocycles. The van der Waals surface area contributed by atoms with Crippen LogP contribution in [0.25, 0.3) is 0 Å². The number of benzene rings is 1. The lowest BCUT2D eigenvalue weighted by Gasteiger charge is -2.22. The number of amides is 1. The maximum Gasteiger partial charge on any atom is 0.251 e. The molecule has 0 unspecified atom stereocenters. The molecule has 104 valence electrons. The molecule has 0 bridgehead atoms. The summed E-state index contributed by atoms with van der Waals surface area (Å²) in [6.45, 7) is 7.74. The van der Waals surface area contributed by atoms with Crippen molar-refractivity contribution in [1.82, 2.24) is 5.32 Å². The van der Waals surface area contributed by atoms with Crippen LogP contribution in [0, 0.1) is 13.8 Å². The summed E-state index contributed by atoms with van der Waals surface area (Å²) in [6.07, 6.45) is 0.656. The Labute approximate surface area is 114 Å². The number of carbonyl (C=O) groups is 1. The van der Waals surface area contributed by atoms with Crippen LogP contribution < -0.4 is 5.32 Å². The van der Waals surface area contributed by atoms with Crippen LogP contribution in [-0.4, -0.2) is 31.5 Å². The molecule has 19 heavy (non-hydrogen) atoms. The first kappa shape index (κ1) is 14.0. The molecule has 1 aliphatic rings. The van der Waals surface area contributed by atoms with E-state index in [-0.39, 0.29) is 5.91 Å². The zero-order valence-electron chi connectivity index (χ0n) is 11.8. The van der Waals surface area contributed by atoms with Gasteiger partial charge in [0.1, 0.15) is 0 Å². The van der Waals surface area contributed by atoms with E-state index >= 15 is 0 Å². The summed E-state index contributed by atoms with van der Waals surface area (Å²) >= 11 is 0. The Morgan fingerprint density at radius 3 is 2.58 bits per heavy atom. The smallest absolute Gasteiger partial charge is 0.251 e. The van der Waals surface area contributed by atoms with Crippen LogP contribution in [0.5, 0.6) is 0 Å². The second kappa shape index (κ2) is 5.72. The van der Waals surface area contributed by atoms with Crippen molar-refractivity contribution in [2.75, 3.05) is 19.8 Å². The number of carbonyl (C=O) groups excluding carboxylic acids is 1. The highest BCUT2D eigenvalue weighted by atomic mass is 16.7. The fourth-order valence-corrected chi connectivity index (χ4v) is 2.09. The maximum absolute atomic E-state index is 12.0. The minimum absolute atomic E-state index is 0.0512. The lowest BCUT2D eigenvalue weighted by atomic mass is 10.1. The van der Waals surface area contributed by atoms with Gasteiger partial charge in [0.05, 0.1) is 13.2 Å². The molecule has 1 N–H and O–H groups in total. The molecule has 0 spiro atoms. The van der Waals surface area contributed by atoms with E-state index in [1.807, 2.05) is 39.0 Å². The quantitative estimate of drug-likeness (QED) is 0.905. The highest BCUT2D eigenvalue weighted by Crippen LogP contribution is 2.21. The van der Waals surface area contributed by atoms with Gasteiger partial charge in [0.2, 0.25) is 0 Å². The van der Waals surface area contributed by atoms with Crippen LogP contribution >= 0.6 is 0 Å². The van der Waals surface area contributed by atoms with Crippen molar-refractivity contribution in [1.29, 1.82) is 0 Å². The Hall–Kier alpha value is -1.39. The molecule has 1 aromatic rings. The number of ether oxygens (including phenoxy) is 2. The van der Waals surface area contributed by atoms with E-state index in [1.54, 1.807) is 0 Å². The van der Waals surface area contributed by atoms with Crippen LogP contribution in [0.1, 0.15) is 34.8 Å². The summed E-state index contributed by atoms with van der Waals surface area (Å²) in [5, 5.41) is 2.90. The monoisotopic (exact) mass is 263 g/mol. The summed E-state index contributed by atoms with van der Waals surface area (Å²) in [6, 6.07) is 5.73. The highest BCUT2D eigenvalue weighted by molar-refractivity contribution is 5.94. The molecular formula is C15H21NO3. The van der Waals surface area contributed by atoms with Crippen LogP contribution in [-0.2, 0) is 9.47 Å². The van der Waals surface area contributed by atoms with Crippen molar-refractivity contribution in [2.45, 2.75) is 33.0 Å². The van der Waals surface area contributed by atoms with E-state index < -0.39 is 5.79 Å². The fraction of sp³-hybridized carbons (Fsp3) is 0.533. The van der Waals surface area contributed by atoms with Crippen LogP contribution in [0.3, 0.4) is 0 Å². The first-order valence-corrected chi connectivity index (χ1v) is 6.63. The fourth-order valence-electron chi connectivity index (χ4n) is 2.09. The zero-order valence-corrected chi connectivity index (χ0v) is 11.8. The molecule has 1 fully saturated rings. The minimum Gasteiger partial charge on any atom is -0.352 e. The molecule has 4 heteroatoms. The van der Waals surface area contributed by atoms with Gasteiger partial charge >= 0.3 is 0 Å². The maximum atomic E-state index is 12.0. The van der Waals surface area contributed by atoms with Gasteiger partial charge in [-0.1, -0.05) is 6.07 Å². The molecule has 4 nitrogen and oxygen atoms in total. The molecular weight excluding hydrogens is 242 g/mol. The third kappa shape index (κ3) is 3.55. The largest absolute Gasteiger partial charge is 0.352 e. The molecule has 0 radical (unpaired) electrons. The normalized spacial score (nSPS) is 17.4. The summed E-state index contributed by atoms with van der Waals surface area (Å²) in [7, 11) is 0. The number of hydrogen-bond donors (Lipinski definition) is 1. The molecule has 0 aliphatic carbocycles. The molecule has 1 saturated heterocycles. The summed E-state index contributed by atoms with van der Waals surface area (Å²) < 4.78 is 11.0. The van der Waals surface area contributed by atoms with Crippen molar-refractivity contribution in [3.63, 3.8) is 0 Å². The Morgan fingerprint density at radius 2 is 1.95 bits per heavy atom. The number of hydrogen-bond acceptors (Lipinski definition) is 3. The SMILES string of the molecule is Cc1ccc(C(=O)NCCC2(C)OCCO2)cc1C. The number of nitrogens with one attached hydrogen (secondary N) is 1. The van der Waals surface area contributed by atoms with E-state index in [4.69, 9.17) is 9.47 Å². The van der Waals surface area contributed by atoms with Gasteiger partial charge in [-0.15, -0.1) is 0 Å². The van der Waals surface area contributed by atoms with Gasteiger partial charge in [0.15, 0.2) is 5.79 Å². The molecule has 1 heterocycles. The highest BCUT2D eigenvalue weighted by Gasteiger charge is 2.30. The summed E-state index contributed by atoms with van der Waals surface area (Å²) in [4.78, 5) is 12.0. The molecule has 1 amide bonds. The van der Waals surface area contributed by atoms with Crippen molar-refractivity contribution in [2.24, 2.45) is 0 Å². The van der Waals surface area contributed by atoms with Gasteiger partial charge in [0.25, 0.3) is 5.91 Å². The predicted octanol–water partition coefficient (Wildman–Crippen LogP) is 2.19. The Morgan fingerprint density at radius 1 is 1.26 bits per heavy atom. The van der Waals surface area contributed by atoms with E-state index in [0.29, 0.717) is 31.7 Å². The average Bonchev–Trinajstić information content (AvgIpc) is 2.79. The van der Waals surface area contributed by atoms with E-state index in [2.05, 4.69) is 5.32 Å². The number of rotatable bonds is 4. The van der Waals surface area contributed by atoms with Gasteiger partial charge in [0, 0.05) is 18.5 Å². The molecule has 2 rings (SSSR count). The zero-order chi connectivity index (χ0) is 13.9. The Balaban J connectivity index is 1.85. The second-order valence-corrected chi connectivity index (χ2v) is 5.14. The van der Waals surface area contributed by atoms with Gasteiger partial charge in [-0.25, -0.2) is 0 Å². The third-order valence-electron chi connectivity index (χ3n) is 3.53. The van der Waals surface area contributed by atoms with Crippen LogP contribution in [0.4, 0.5) is 0 Å². The Bertz CT molecular complexity index is 464. The van der Waals surface area contributed by atoms with Gasteiger partial charge in [-0.2, -0.15) is 0 Å². The third-order valence-corrected chi connectivity index (χ3v) is 3.53. The average molecular weight is 263 g/mol. The standard InChI is InChI=1S/C15H21NO3/c1-11-4-5-13(10-12(11)2)14(17)16-7-6-15(3)18-8-9-19-15/h4-5,10H,6-9H2,1-3H3,(H,16,17). The predicted molar refractivity (Wildman–Crippen MR) is 73.2 cm³/mol. The second-order valence-electron chi connectivity index (χ2n) is 5.14. The van der Waals surface area contributed by atoms with E-state index in [1.165, 1.54) is 5.56 Å². The van der Waals surface area contributed by atoms with Crippen molar-refractivity contribution < 1.29 is 14.3 Å². The van der Waals surface area contributed by atoms with Crippen molar-refractivity contribution >= 4 is 5.91 Å². The summed E-state index contributed by atoms with van der Waals surface area (Å²) in [5.74, 6) is -0.596. The van der Waals surface area contributed by atoms with E-state index in [0.717, 1.165) is 5.56 Å². The van der Waals surface area contributed by atoms with Gasteiger partial charge in [-0.3, -0.25) is 4.79 Å². The molecule has 1 aromatic carbocycles. The summed E-state index contributed by atoms with van der Waals surface area (Å²) in [5.41, 5.74) is 3.01. The first-order chi connectivity index (χ1) is 9.00.